The molecule has 0 radical (unpaired) electrons. The van der Waals surface area contributed by atoms with Gasteiger partial charge in [0.25, 0.3) is 0 Å². The molecule has 0 amide bonds. The summed E-state index contributed by atoms with van der Waals surface area (Å²) in [6, 6.07) is 0. The lowest BCUT2D eigenvalue weighted by Gasteiger charge is -1.98. The number of hydrogen-bond acceptors (Lipinski definition) is 3. The van der Waals surface area contributed by atoms with E-state index in [9.17, 15) is 0 Å². The van der Waals surface area contributed by atoms with E-state index < -0.39 is 0 Å². The molecule has 0 atom stereocenters. The van der Waals surface area contributed by atoms with Crippen molar-refractivity contribution in [3.8, 4) is 0 Å². The number of aryl methyl sites for hydroxylation is 2. The zero-order chi connectivity index (χ0) is 7.40. The zero-order valence-corrected chi connectivity index (χ0v) is 6.80. The van der Waals surface area contributed by atoms with Gasteiger partial charge in [0.15, 0.2) is 0 Å². The highest BCUT2D eigenvalue weighted by atomic mass is 32.1. The van der Waals surface area contributed by atoms with E-state index in [1.54, 1.807) is 12.4 Å². The first kappa shape index (κ1) is 7.54. The molecule has 0 saturated carbocycles. The Morgan fingerprint density at radius 1 is 1.40 bits per heavy atom. The van der Waals surface area contributed by atoms with Crippen LogP contribution in [-0.4, -0.2) is 15.7 Å². The zero-order valence-electron chi connectivity index (χ0n) is 5.91. The van der Waals surface area contributed by atoms with E-state index in [2.05, 4.69) is 22.6 Å². The van der Waals surface area contributed by atoms with Gasteiger partial charge in [-0.3, -0.25) is 9.97 Å². The molecule has 0 N–H and O–H groups in total. The maximum absolute atomic E-state index is 4.16. The molecule has 0 spiro atoms. The molecule has 1 heterocycles. The lowest BCUT2D eigenvalue weighted by Crippen LogP contribution is -1.96. The number of nitrogens with zero attached hydrogens (tertiary/aromatic N) is 2. The molecule has 10 heavy (non-hydrogen) atoms. The Labute approximate surface area is 66.1 Å². The molecular weight excluding hydrogens is 144 g/mol. The molecule has 0 bridgehead atoms. The predicted molar refractivity (Wildman–Crippen MR) is 44.3 cm³/mol. The Kier molecular flexibility index (Phi) is 2.68. The summed E-state index contributed by atoms with van der Waals surface area (Å²) >= 11 is 4.11. The largest absolute Gasteiger partial charge is 0.258 e. The lowest BCUT2D eigenvalue weighted by atomic mass is 10.3. The predicted octanol–water partition coefficient (Wildman–Crippen LogP) is 1.26. The Morgan fingerprint density at radius 2 is 2.10 bits per heavy atom. The van der Waals surface area contributed by atoms with Crippen LogP contribution < -0.4 is 0 Å². The fraction of sp³-hybridized carbons (Fsp3) is 0.429. The summed E-state index contributed by atoms with van der Waals surface area (Å²) in [5, 5.41) is 0. The van der Waals surface area contributed by atoms with Gasteiger partial charge >= 0.3 is 0 Å². The van der Waals surface area contributed by atoms with Crippen molar-refractivity contribution >= 4 is 12.6 Å². The quantitative estimate of drug-likeness (QED) is 0.649. The molecule has 1 aromatic rings. The first-order valence-corrected chi connectivity index (χ1v) is 3.85. The summed E-state index contributed by atoms with van der Waals surface area (Å²) < 4.78 is 0. The molecule has 3 heteroatoms. The van der Waals surface area contributed by atoms with Crippen LogP contribution in [0.2, 0.25) is 0 Å². The van der Waals surface area contributed by atoms with Crippen molar-refractivity contribution in [2.75, 3.05) is 5.75 Å². The standard InChI is InChI=1S/C7H10N2S/c1-6-7(2-5-10)9-4-3-8-6/h3-4,10H,2,5H2,1H3. The summed E-state index contributed by atoms with van der Waals surface area (Å²) in [6.07, 6.45) is 4.33. The van der Waals surface area contributed by atoms with Crippen molar-refractivity contribution in [1.29, 1.82) is 0 Å². The minimum Gasteiger partial charge on any atom is -0.258 e. The Bertz CT molecular complexity index is 213. The Morgan fingerprint density at radius 3 is 2.70 bits per heavy atom. The highest BCUT2D eigenvalue weighted by molar-refractivity contribution is 7.80. The Balaban J connectivity index is 2.81. The third kappa shape index (κ3) is 1.70. The van der Waals surface area contributed by atoms with Gasteiger partial charge in [-0.05, 0) is 12.7 Å². The van der Waals surface area contributed by atoms with E-state index in [1.165, 1.54) is 0 Å². The van der Waals surface area contributed by atoms with E-state index >= 15 is 0 Å². The third-order valence-electron chi connectivity index (χ3n) is 1.33. The number of hydrogen-bond donors (Lipinski definition) is 1. The van der Waals surface area contributed by atoms with Crippen molar-refractivity contribution in [3.05, 3.63) is 23.8 Å². The van der Waals surface area contributed by atoms with Crippen molar-refractivity contribution in [3.63, 3.8) is 0 Å². The van der Waals surface area contributed by atoms with E-state index in [0.717, 1.165) is 23.6 Å². The van der Waals surface area contributed by atoms with Gasteiger partial charge in [0, 0.05) is 18.8 Å². The molecule has 0 unspecified atom stereocenters. The van der Waals surface area contributed by atoms with Gasteiger partial charge in [0.1, 0.15) is 0 Å². The molecule has 1 aromatic heterocycles. The average Bonchev–Trinajstić information content (AvgIpc) is 1.94. The summed E-state index contributed by atoms with van der Waals surface area (Å²) in [6.45, 7) is 1.96. The van der Waals surface area contributed by atoms with Crippen LogP contribution in [0.4, 0.5) is 0 Å². The summed E-state index contributed by atoms with van der Waals surface area (Å²) in [4.78, 5) is 8.26. The molecule has 0 fully saturated rings. The molecule has 0 saturated heterocycles. The van der Waals surface area contributed by atoms with E-state index in [-0.39, 0.29) is 0 Å². The highest BCUT2D eigenvalue weighted by Crippen LogP contribution is 2.00. The smallest absolute Gasteiger partial charge is 0.0623 e. The van der Waals surface area contributed by atoms with Gasteiger partial charge in [0.2, 0.25) is 0 Å². The Hall–Kier alpha value is -0.570. The molecule has 1 rings (SSSR count). The fourth-order valence-electron chi connectivity index (χ4n) is 0.788. The van der Waals surface area contributed by atoms with Crippen molar-refractivity contribution in [2.24, 2.45) is 0 Å². The maximum Gasteiger partial charge on any atom is 0.0623 e. The monoisotopic (exact) mass is 154 g/mol. The maximum atomic E-state index is 4.16. The molecule has 0 aliphatic heterocycles. The van der Waals surface area contributed by atoms with Crippen LogP contribution >= 0.6 is 12.6 Å². The fourth-order valence-corrected chi connectivity index (χ4v) is 1.000. The van der Waals surface area contributed by atoms with Crippen molar-refractivity contribution < 1.29 is 0 Å². The lowest BCUT2D eigenvalue weighted by molar-refractivity contribution is 0.966. The van der Waals surface area contributed by atoms with Crippen molar-refractivity contribution in [1.82, 2.24) is 9.97 Å². The van der Waals surface area contributed by atoms with E-state index in [4.69, 9.17) is 0 Å². The average molecular weight is 154 g/mol. The van der Waals surface area contributed by atoms with Gasteiger partial charge in [-0.25, -0.2) is 0 Å². The first-order valence-electron chi connectivity index (χ1n) is 3.22. The minimum absolute atomic E-state index is 0.833. The first-order chi connectivity index (χ1) is 4.84. The molecular formula is C7H10N2S. The molecule has 0 aromatic carbocycles. The van der Waals surface area contributed by atoms with Crippen LogP contribution in [0.5, 0.6) is 0 Å². The van der Waals surface area contributed by atoms with Crippen LogP contribution in [0.25, 0.3) is 0 Å². The van der Waals surface area contributed by atoms with E-state index in [0.29, 0.717) is 0 Å². The molecule has 0 aliphatic rings. The summed E-state index contributed by atoms with van der Waals surface area (Å²) in [5.74, 6) is 0.833. The second kappa shape index (κ2) is 3.56. The van der Waals surface area contributed by atoms with Crippen LogP contribution in [0.15, 0.2) is 12.4 Å². The van der Waals surface area contributed by atoms with E-state index in [1.807, 2.05) is 6.92 Å². The topological polar surface area (TPSA) is 25.8 Å². The normalized spacial score (nSPS) is 9.80. The van der Waals surface area contributed by atoms with Gasteiger partial charge in [0.05, 0.1) is 11.4 Å². The van der Waals surface area contributed by atoms with Crippen molar-refractivity contribution in [2.45, 2.75) is 13.3 Å². The summed E-state index contributed by atoms with van der Waals surface area (Å²) in [5.41, 5.74) is 2.06. The third-order valence-corrected chi connectivity index (χ3v) is 1.56. The molecule has 2 nitrogen and oxygen atoms in total. The highest BCUT2D eigenvalue weighted by Gasteiger charge is 1.96. The van der Waals surface area contributed by atoms with Crippen LogP contribution in [0.3, 0.4) is 0 Å². The van der Waals surface area contributed by atoms with Crippen LogP contribution in [0, 0.1) is 6.92 Å². The second-order valence-corrected chi connectivity index (χ2v) is 2.51. The van der Waals surface area contributed by atoms with Gasteiger partial charge in [-0.1, -0.05) is 0 Å². The van der Waals surface area contributed by atoms with Gasteiger partial charge in [-0.15, -0.1) is 0 Å². The number of aromatic nitrogens is 2. The molecule has 54 valence electrons. The minimum atomic E-state index is 0.833. The SMILES string of the molecule is Cc1nccnc1CCS. The number of rotatable bonds is 2. The van der Waals surface area contributed by atoms with Gasteiger partial charge < -0.3 is 0 Å². The van der Waals surface area contributed by atoms with Crippen LogP contribution in [0.1, 0.15) is 11.4 Å². The van der Waals surface area contributed by atoms with Crippen LogP contribution in [-0.2, 0) is 6.42 Å². The molecule has 0 aliphatic carbocycles. The summed E-state index contributed by atoms with van der Waals surface area (Å²) in [7, 11) is 0. The number of thiol groups is 1. The van der Waals surface area contributed by atoms with Gasteiger partial charge in [-0.2, -0.15) is 12.6 Å². The second-order valence-electron chi connectivity index (χ2n) is 2.06.